The standard InChI is InChI=1S/C14H20N2/c15-13-8-4-5-11-9-10-16(14(11)13)12-6-2-1-3-7-12/h4-5,8,12H,1-3,6-7,9-10,15H2. The second kappa shape index (κ2) is 4.00. The van der Waals surface area contributed by atoms with Crippen LogP contribution in [0.25, 0.3) is 0 Å². The average Bonchev–Trinajstić information content (AvgIpc) is 2.75. The number of benzene rings is 1. The summed E-state index contributed by atoms with van der Waals surface area (Å²) in [6, 6.07) is 7.10. The molecule has 16 heavy (non-hydrogen) atoms. The number of hydrogen-bond donors (Lipinski definition) is 1. The molecular weight excluding hydrogens is 196 g/mol. The number of nitrogen functional groups attached to an aromatic ring is 1. The van der Waals surface area contributed by atoms with Gasteiger partial charge in [0.1, 0.15) is 0 Å². The van der Waals surface area contributed by atoms with Crippen molar-refractivity contribution in [2.24, 2.45) is 0 Å². The van der Waals surface area contributed by atoms with Crippen molar-refractivity contribution in [3.8, 4) is 0 Å². The number of para-hydroxylation sites is 1. The molecule has 1 aliphatic heterocycles. The van der Waals surface area contributed by atoms with Gasteiger partial charge in [0.05, 0.1) is 11.4 Å². The highest BCUT2D eigenvalue weighted by Crippen LogP contribution is 2.38. The van der Waals surface area contributed by atoms with E-state index in [4.69, 9.17) is 5.73 Å². The molecule has 1 aliphatic carbocycles. The summed E-state index contributed by atoms with van der Waals surface area (Å²) in [6.45, 7) is 1.17. The van der Waals surface area contributed by atoms with E-state index >= 15 is 0 Å². The lowest BCUT2D eigenvalue weighted by atomic mass is 9.94. The van der Waals surface area contributed by atoms with E-state index in [0.717, 1.165) is 11.7 Å². The molecule has 86 valence electrons. The van der Waals surface area contributed by atoms with Crippen LogP contribution in [0.15, 0.2) is 18.2 Å². The molecular formula is C14H20N2. The Morgan fingerprint density at radius 2 is 1.94 bits per heavy atom. The zero-order valence-corrected chi connectivity index (χ0v) is 9.78. The molecule has 0 amide bonds. The van der Waals surface area contributed by atoms with E-state index in [0.29, 0.717) is 0 Å². The molecule has 0 saturated heterocycles. The lowest BCUT2D eigenvalue weighted by Gasteiger charge is -2.33. The first kappa shape index (κ1) is 10.0. The normalized spacial score (nSPS) is 21.1. The molecule has 1 fully saturated rings. The lowest BCUT2D eigenvalue weighted by molar-refractivity contribution is 0.420. The molecule has 2 aliphatic rings. The van der Waals surface area contributed by atoms with Crippen molar-refractivity contribution in [1.82, 2.24) is 0 Å². The average molecular weight is 216 g/mol. The molecule has 0 radical (unpaired) electrons. The third-order valence-corrected chi connectivity index (χ3v) is 4.08. The molecule has 1 heterocycles. The molecule has 2 N–H and O–H groups in total. The van der Waals surface area contributed by atoms with Crippen molar-refractivity contribution in [1.29, 1.82) is 0 Å². The Kier molecular flexibility index (Phi) is 2.50. The van der Waals surface area contributed by atoms with Gasteiger partial charge in [0.2, 0.25) is 0 Å². The second-order valence-electron chi connectivity index (χ2n) is 5.09. The first-order chi connectivity index (χ1) is 7.86. The predicted octanol–water partition coefficient (Wildman–Crippen LogP) is 2.96. The van der Waals surface area contributed by atoms with Gasteiger partial charge >= 0.3 is 0 Å². The van der Waals surface area contributed by atoms with Crippen LogP contribution in [0.2, 0.25) is 0 Å². The highest BCUT2D eigenvalue weighted by atomic mass is 15.2. The molecule has 1 saturated carbocycles. The fourth-order valence-electron chi connectivity index (χ4n) is 3.27. The van der Waals surface area contributed by atoms with Gasteiger partial charge in [-0.05, 0) is 30.9 Å². The van der Waals surface area contributed by atoms with Gasteiger partial charge in [-0.15, -0.1) is 0 Å². The number of nitrogens with zero attached hydrogens (tertiary/aromatic N) is 1. The minimum Gasteiger partial charge on any atom is -0.397 e. The first-order valence-corrected chi connectivity index (χ1v) is 6.50. The molecule has 3 rings (SSSR count). The number of rotatable bonds is 1. The van der Waals surface area contributed by atoms with Gasteiger partial charge in [0.25, 0.3) is 0 Å². The van der Waals surface area contributed by atoms with Crippen LogP contribution in [0.1, 0.15) is 37.7 Å². The van der Waals surface area contributed by atoms with Crippen LogP contribution in [0.5, 0.6) is 0 Å². The fraction of sp³-hybridized carbons (Fsp3) is 0.571. The zero-order chi connectivity index (χ0) is 11.0. The quantitative estimate of drug-likeness (QED) is 0.731. The highest BCUT2D eigenvalue weighted by molar-refractivity contribution is 5.74. The van der Waals surface area contributed by atoms with Crippen molar-refractivity contribution in [2.75, 3.05) is 17.2 Å². The summed E-state index contributed by atoms with van der Waals surface area (Å²) < 4.78 is 0. The monoisotopic (exact) mass is 216 g/mol. The van der Waals surface area contributed by atoms with E-state index in [1.165, 1.54) is 56.3 Å². The van der Waals surface area contributed by atoms with Crippen molar-refractivity contribution in [2.45, 2.75) is 44.6 Å². The van der Waals surface area contributed by atoms with Crippen molar-refractivity contribution in [3.05, 3.63) is 23.8 Å². The topological polar surface area (TPSA) is 29.3 Å². The minimum absolute atomic E-state index is 0.750. The van der Waals surface area contributed by atoms with Crippen molar-refractivity contribution >= 4 is 11.4 Å². The summed E-state index contributed by atoms with van der Waals surface area (Å²) in [4.78, 5) is 2.57. The van der Waals surface area contributed by atoms with Gasteiger partial charge in [-0.3, -0.25) is 0 Å². The molecule has 2 nitrogen and oxygen atoms in total. The summed E-state index contributed by atoms with van der Waals surface area (Å²) in [5.74, 6) is 0. The highest BCUT2D eigenvalue weighted by Gasteiger charge is 2.28. The summed E-state index contributed by atoms with van der Waals surface area (Å²) in [5, 5.41) is 0. The molecule has 1 aromatic rings. The summed E-state index contributed by atoms with van der Waals surface area (Å²) in [7, 11) is 0. The maximum absolute atomic E-state index is 6.13. The van der Waals surface area contributed by atoms with Crippen LogP contribution in [0.4, 0.5) is 11.4 Å². The van der Waals surface area contributed by atoms with E-state index in [9.17, 15) is 0 Å². The van der Waals surface area contributed by atoms with Gasteiger partial charge < -0.3 is 10.6 Å². The molecule has 0 aromatic heterocycles. The molecule has 1 aromatic carbocycles. The summed E-state index contributed by atoms with van der Waals surface area (Å²) in [6.07, 6.45) is 8.09. The lowest BCUT2D eigenvalue weighted by Crippen LogP contribution is -2.35. The Bertz CT molecular complexity index is 380. The maximum atomic E-state index is 6.13. The Labute approximate surface area is 97.4 Å². The predicted molar refractivity (Wildman–Crippen MR) is 68.8 cm³/mol. The van der Waals surface area contributed by atoms with Crippen molar-refractivity contribution in [3.63, 3.8) is 0 Å². The van der Waals surface area contributed by atoms with Crippen LogP contribution in [0, 0.1) is 0 Å². The Hall–Kier alpha value is -1.18. The Morgan fingerprint density at radius 3 is 2.75 bits per heavy atom. The summed E-state index contributed by atoms with van der Waals surface area (Å²) >= 11 is 0. The van der Waals surface area contributed by atoms with E-state index in [1.54, 1.807) is 0 Å². The van der Waals surface area contributed by atoms with Crippen LogP contribution >= 0.6 is 0 Å². The zero-order valence-electron chi connectivity index (χ0n) is 9.78. The van der Waals surface area contributed by atoms with Gasteiger partial charge in [0.15, 0.2) is 0 Å². The Morgan fingerprint density at radius 1 is 1.12 bits per heavy atom. The van der Waals surface area contributed by atoms with E-state index in [-0.39, 0.29) is 0 Å². The maximum Gasteiger partial charge on any atom is 0.0635 e. The van der Waals surface area contributed by atoms with Gasteiger partial charge in [-0.25, -0.2) is 0 Å². The Balaban J connectivity index is 1.89. The van der Waals surface area contributed by atoms with Gasteiger partial charge in [0, 0.05) is 12.6 Å². The molecule has 0 unspecified atom stereocenters. The van der Waals surface area contributed by atoms with E-state index < -0.39 is 0 Å². The number of nitrogens with two attached hydrogens (primary N) is 1. The van der Waals surface area contributed by atoms with Crippen LogP contribution in [0.3, 0.4) is 0 Å². The van der Waals surface area contributed by atoms with E-state index in [1.807, 2.05) is 6.07 Å². The van der Waals surface area contributed by atoms with Gasteiger partial charge in [-0.1, -0.05) is 31.4 Å². The van der Waals surface area contributed by atoms with Gasteiger partial charge in [-0.2, -0.15) is 0 Å². The van der Waals surface area contributed by atoms with Crippen LogP contribution < -0.4 is 10.6 Å². The number of anilines is 2. The third kappa shape index (κ3) is 1.57. The fourth-order valence-corrected chi connectivity index (χ4v) is 3.27. The first-order valence-electron chi connectivity index (χ1n) is 6.50. The largest absolute Gasteiger partial charge is 0.397 e. The van der Waals surface area contributed by atoms with Crippen LogP contribution in [-0.4, -0.2) is 12.6 Å². The smallest absolute Gasteiger partial charge is 0.0635 e. The third-order valence-electron chi connectivity index (χ3n) is 4.08. The SMILES string of the molecule is Nc1cccc2c1N(C1CCCCC1)CC2. The molecule has 2 heteroatoms. The van der Waals surface area contributed by atoms with Crippen molar-refractivity contribution < 1.29 is 0 Å². The molecule has 0 bridgehead atoms. The number of fused-ring (bicyclic) bond motifs is 1. The molecule has 0 atom stereocenters. The number of hydrogen-bond acceptors (Lipinski definition) is 2. The molecule has 0 spiro atoms. The minimum atomic E-state index is 0.750. The van der Waals surface area contributed by atoms with E-state index in [2.05, 4.69) is 17.0 Å². The second-order valence-corrected chi connectivity index (χ2v) is 5.09. The summed E-state index contributed by atoms with van der Waals surface area (Å²) in [5.41, 5.74) is 9.89. The van der Waals surface area contributed by atoms with Crippen LogP contribution in [-0.2, 0) is 6.42 Å².